The van der Waals surface area contributed by atoms with Gasteiger partial charge in [-0.15, -0.1) is 0 Å². The van der Waals surface area contributed by atoms with E-state index in [9.17, 15) is 0 Å². The molecule has 0 saturated heterocycles. The maximum absolute atomic E-state index is 2.75. The first kappa shape index (κ1) is 24.6. The molecule has 4 aliphatic carbocycles. The van der Waals surface area contributed by atoms with Crippen LogP contribution in [-0.2, 0) is 0 Å². The molecule has 5 rings (SSSR count). The van der Waals surface area contributed by atoms with Crippen LogP contribution in [0.4, 0.5) is 0 Å². The number of hydrogen-bond acceptors (Lipinski definition) is 0. The van der Waals surface area contributed by atoms with E-state index in [1.54, 1.807) is 5.57 Å². The quantitative estimate of drug-likeness (QED) is 0.396. The van der Waals surface area contributed by atoms with Crippen molar-refractivity contribution in [2.24, 2.45) is 52.3 Å². The molecule has 6 unspecified atom stereocenters. The van der Waals surface area contributed by atoms with Gasteiger partial charge in [-0.3, -0.25) is 0 Å². The molecule has 1 aromatic rings. The van der Waals surface area contributed by atoms with Crippen molar-refractivity contribution in [1.29, 1.82) is 0 Å². The van der Waals surface area contributed by atoms with Gasteiger partial charge in [-0.2, -0.15) is 0 Å². The summed E-state index contributed by atoms with van der Waals surface area (Å²) in [5, 5.41) is 0. The summed E-state index contributed by atoms with van der Waals surface area (Å²) in [4.78, 5) is 0. The SMILES string of the molecule is CC(C)CCCC(C)C1CCC2C3CCC4CC(=Cc5ccccc5)CC[C@]4(C)C3CC[C@]12C. The van der Waals surface area contributed by atoms with Gasteiger partial charge < -0.3 is 0 Å². The fourth-order valence-corrected chi connectivity index (χ4v) is 10.0. The zero-order chi connectivity index (χ0) is 23.9. The molecule has 0 N–H and O–H groups in total. The average molecular weight is 461 g/mol. The Kier molecular flexibility index (Phi) is 7.09. The van der Waals surface area contributed by atoms with Gasteiger partial charge in [0.05, 0.1) is 0 Å². The molecule has 0 amide bonds. The highest BCUT2D eigenvalue weighted by Gasteiger charge is 2.60. The maximum atomic E-state index is 2.75. The molecule has 4 fully saturated rings. The van der Waals surface area contributed by atoms with Gasteiger partial charge in [-0.1, -0.05) is 95.9 Å². The van der Waals surface area contributed by atoms with Gasteiger partial charge >= 0.3 is 0 Å². The lowest BCUT2D eigenvalue weighted by Crippen LogP contribution is -2.53. The molecule has 0 aliphatic heterocycles. The molecule has 4 saturated carbocycles. The Morgan fingerprint density at radius 2 is 1.62 bits per heavy atom. The summed E-state index contributed by atoms with van der Waals surface area (Å²) >= 11 is 0. The molecule has 0 heteroatoms. The second-order valence-electron chi connectivity index (χ2n) is 14.1. The van der Waals surface area contributed by atoms with E-state index >= 15 is 0 Å². The van der Waals surface area contributed by atoms with Gasteiger partial charge in [-0.25, -0.2) is 0 Å². The van der Waals surface area contributed by atoms with Gasteiger partial charge in [0.2, 0.25) is 0 Å². The summed E-state index contributed by atoms with van der Waals surface area (Å²) in [6, 6.07) is 11.1. The lowest BCUT2D eigenvalue weighted by atomic mass is 9.44. The second-order valence-corrected chi connectivity index (χ2v) is 14.1. The van der Waals surface area contributed by atoms with E-state index in [1.807, 2.05) is 0 Å². The predicted molar refractivity (Wildman–Crippen MR) is 147 cm³/mol. The Hall–Kier alpha value is -1.04. The van der Waals surface area contributed by atoms with E-state index in [2.05, 4.69) is 71.0 Å². The van der Waals surface area contributed by atoms with E-state index in [0.717, 1.165) is 41.4 Å². The maximum Gasteiger partial charge on any atom is -0.0257 e. The van der Waals surface area contributed by atoms with Crippen LogP contribution in [0.25, 0.3) is 6.08 Å². The van der Waals surface area contributed by atoms with Crippen molar-refractivity contribution in [3.05, 3.63) is 41.5 Å². The van der Waals surface area contributed by atoms with Crippen LogP contribution in [0.2, 0.25) is 0 Å². The highest BCUT2D eigenvalue weighted by Crippen LogP contribution is 2.68. The predicted octanol–water partition coefficient (Wildman–Crippen LogP) is 10.2. The zero-order valence-corrected chi connectivity index (χ0v) is 23.0. The molecule has 0 aromatic heterocycles. The van der Waals surface area contributed by atoms with Crippen LogP contribution < -0.4 is 0 Å². The molecule has 0 nitrogen and oxygen atoms in total. The normalized spacial score (nSPS) is 41.7. The molecule has 0 bridgehead atoms. The van der Waals surface area contributed by atoms with Crippen molar-refractivity contribution >= 4 is 6.08 Å². The fraction of sp³-hybridized carbons (Fsp3) is 0.765. The molecule has 0 heterocycles. The highest BCUT2D eigenvalue weighted by atomic mass is 14.6. The standard InChI is InChI=1S/C34H52/c1-24(2)10-9-11-25(3)30-16-17-31-29-15-14-28-23-27(22-26-12-7-6-8-13-26)18-20-33(28,4)32(29)19-21-34(30,31)5/h6-8,12-13,22,24-25,28-32H,9-11,14-21,23H2,1-5H3/t25?,28?,29?,30?,31?,32?,33-,34+/m0/s1. The van der Waals surface area contributed by atoms with Crippen LogP contribution in [0.5, 0.6) is 0 Å². The summed E-state index contributed by atoms with van der Waals surface area (Å²) in [7, 11) is 0. The van der Waals surface area contributed by atoms with Crippen molar-refractivity contribution in [2.75, 3.05) is 0 Å². The minimum atomic E-state index is 0.596. The van der Waals surface area contributed by atoms with Crippen LogP contribution >= 0.6 is 0 Å². The zero-order valence-electron chi connectivity index (χ0n) is 23.0. The van der Waals surface area contributed by atoms with Gasteiger partial charge in [0.15, 0.2) is 0 Å². The first-order valence-electron chi connectivity index (χ1n) is 15.1. The number of rotatable bonds is 6. The molecule has 34 heavy (non-hydrogen) atoms. The third kappa shape index (κ3) is 4.46. The summed E-state index contributed by atoms with van der Waals surface area (Å²) < 4.78 is 0. The minimum absolute atomic E-state index is 0.596. The Labute approximate surface area is 211 Å². The summed E-state index contributed by atoms with van der Waals surface area (Å²) in [6.07, 6.45) is 20.1. The smallest absolute Gasteiger partial charge is 0.0257 e. The first-order valence-corrected chi connectivity index (χ1v) is 15.1. The Balaban J connectivity index is 1.27. The van der Waals surface area contributed by atoms with Crippen LogP contribution in [0.3, 0.4) is 0 Å². The third-order valence-electron chi connectivity index (χ3n) is 11.9. The Morgan fingerprint density at radius 3 is 2.38 bits per heavy atom. The average Bonchev–Trinajstić information content (AvgIpc) is 3.17. The summed E-state index contributed by atoms with van der Waals surface area (Å²) in [5.74, 6) is 6.74. The van der Waals surface area contributed by atoms with Gasteiger partial charge in [0.25, 0.3) is 0 Å². The first-order chi connectivity index (χ1) is 16.3. The molecular formula is C34H52. The largest absolute Gasteiger partial charge is 0.0693 e. The van der Waals surface area contributed by atoms with Crippen LogP contribution in [0.15, 0.2) is 35.9 Å². The number of hydrogen-bond donors (Lipinski definition) is 0. The number of fused-ring (bicyclic) bond motifs is 5. The number of benzene rings is 1. The molecule has 1 aromatic carbocycles. The van der Waals surface area contributed by atoms with Crippen LogP contribution in [-0.4, -0.2) is 0 Å². The van der Waals surface area contributed by atoms with Crippen LogP contribution in [0, 0.1) is 52.3 Å². The molecule has 188 valence electrons. The Bertz CT molecular complexity index is 848. The molecule has 0 radical (unpaired) electrons. The minimum Gasteiger partial charge on any atom is -0.0693 e. The van der Waals surface area contributed by atoms with E-state index in [0.29, 0.717) is 10.8 Å². The van der Waals surface area contributed by atoms with Crippen molar-refractivity contribution in [3.63, 3.8) is 0 Å². The molecule has 8 atom stereocenters. The lowest BCUT2D eigenvalue weighted by molar-refractivity contribution is -0.108. The van der Waals surface area contributed by atoms with E-state index in [-0.39, 0.29) is 0 Å². The summed E-state index contributed by atoms with van der Waals surface area (Å²) in [5.41, 5.74) is 4.36. The monoisotopic (exact) mass is 460 g/mol. The fourth-order valence-electron chi connectivity index (χ4n) is 10.0. The van der Waals surface area contributed by atoms with E-state index in [1.165, 1.54) is 82.6 Å². The third-order valence-corrected chi connectivity index (χ3v) is 11.9. The van der Waals surface area contributed by atoms with E-state index in [4.69, 9.17) is 0 Å². The molecular weight excluding hydrogens is 408 g/mol. The van der Waals surface area contributed by atoms with Gasteiger partial charge in [0, 0.05) is 0 Å². The van der Waals surface area contributed by atoms with Gasteiger partial charge in [0.1, 0.15) is 0 Å². The van der Waals surface area contributed by atoms with Crippen LogP contribution in [0.1, 0.15) is 117 Å². The van der Waals surface area contributed by atoms with E-state index < -0.39 is 0 Å². The van der Waals surface area contributed by atoms with Crippen molar-refractivity contribution < 1.29 is 0 Å². The Morgan fingerprint density at radius 1 is 0.853 bits per heavy atom. The highest BCUT2D eigenvalue weighted by molar-refractivity contribution is 5.53. The second kappa shape index (κ2) is 9.78. The van der Waals surface area contributed by atoms with Gasteiger partial charge in [-0.05, 0) is 116 Å². The van der Waals surface area contributed by atoms with Crippen molar-refractivity contribution in [2.45, 2.75) is 112 Å². The number of allylic oxidation sites excluding steroid dienone is 1. The summed E-state index contributed by atoms with van der Waals surface area (Å²) in [6.45, 7) is 12.9. The molecule has 4 aliphatic rings. The van der Waals surface area contributed by atoms with Crippen molar-refractivity contribution in [3.8, 4) is 0 Å². The topological polar surface area (TPSA) is 0 Å². The lowest BCUT2D eigenvalue weighted by Gasteiger charge is -2.61. The molecule has 0 spiro atoms. The van der Waals surface area contributed by atoms with Crippen molar-refractivity contribution in [1.82, 2.24) is 0 Å².